The van der Waals surface area contributed by atoms with E-state index in [0.717, 1.165) is 4.47 Å². The van der Waals surface area contributed by atoms with Crippen molar-refractivity contribution < 1.29 is 28.6 Å². The highest BCUT2D eigenvalue weighted by Gasteiger charge is 2.15. The van der Waals surface area contributed by atoms with E-state index in [-0.39, 0.29) is 11.5 Å². The summed E-state index contributed by atoms with van der Waals surface area (Å²) in [6, 6.07) is 18.2. The summed E-state index contributed by atoms with van der Waals surface area (Å²) in [5.74, 6) is -1.51. The fraction of sp³-hybridized carbons (Fsp3) is 0.0833. The molecule has 3 aromatic rings. The van der Waals surface area contributed by atoms with Gasteiger partial charge in [0, 0.05) is 4.47 Å². The Morgan fingerprint density at radius 1 is 0.853 bits per heavy atom. The zero-order valence-electron chi connectivity index (χ0n) is 18.2. The average Bonchev–Trinajstić information content (AvgIpc) is 2.85. The first-order chi connectivity index (χ1) is 16.4. The number of halogens is 1. The zero-order valence-corrected chi connectivity index (χ0v) is 19.8. The van der Waals surface area contributed by atoms with Crippen molar-refractivity contribution in [1.29, 1.82) is 0 Å². The molecule has 0 aliphatic carbocycles. The summed E-state index contributed by atoms with van der Waals surface area (Å²) in [5, 5.41) is 6.23. The molecule has 0 unspecified atom stereocenters. The Morgan fingerprint density at radius 2 is 1.62 bits per heavy atom. The van der Waals surface area contributed by atoms with Gasteiger partial charge in [-0.25, -0.2) is 10.2 Å². The maximum Gasteiger partial charge on any atom is 0.343 e. The highest BCUT2D eigenvalue weighted by atomic mass is 79.9. The minimum Gasteiger partial charge on any atom is -0.495 e. The van der Waals surface area contributed by atoms with Crippen LogP contribution in [0.3, 0.4) is 0 Å². The summed E-state index contributed by atoms with van der Waals surface area (Å²) in [4.78, 5) is 36.5. The van der Waals surface area contributed by atoms with Gasteiger partial charge in [0.2, 0.25) is 0 Å². The standard InChI is InChI=1S/C24H20BrN3O6/c1-32-19-9-4-3-8-18(19)27-22(29)23(30)28-26-14-15-10-11-20(21(12-15)33-2)34-24(31)16-6-5-7-17(25)13-16/h3-14H,1-2H3,(H,27,29)(H,28,30)/b26-14+. The van der Waals surface area contributed by atoms with Crippen LogP contribution in [-0.4, -0.2) is 38.2 Å². The number of amides is 2. The van der Waals surface area contributed by atoms with Crippen molar-refractivity contribution in [1.82, 2.24) is 5.43 Å². The molecule has 0 saturated carbocycles. The van der Waals surface area contributed by atoms with Gasteiger partial charge >= 0.3 is 17.8 Å². The molecule has 0 saturated heterocycles. The third-order valence-electron chi connectivity index (χ3n) is 4.39. The van der Waals surface area contributed by atoms with Crippen molar-refractivity contribution in [2.45, 2.75) is 0 Å². The Balaban J connectivity index is 1.62. The maximum atomic E-state index is 12.4. The molecule has 0 aliphatic rings. The quantitative estimate of drug-likeness (QED) is 0.159. The van der Waals surface area contributed by atoms with E-state index in [0.29, 0.717) is 22.6 Å². The topological polar surface area (TPSA) is 115 Å². The number of para-hydroxylation sites is 2. The molecule has 34 heavy (non-hydrogen) atoms. The molecular formula is C24H20BrN3O6. The lowest BCUT2D eigenvalue weighted by atomic mass is 10.2. The molecule has 2 N–H and O–H groups in total. The average molecular weight is 526 g/mol. The van der Waals surface area contributed by atoms with E-state index in [1.54, 1.807) is 60.7 Å². The van der Waals surface area contributed by atoms with Gasteiger partial charge in [0.25, 0.3) is 0 Å². The fourth-order valence-corrected chi connectivity index (χ4v) is 3.17. The molecular weight excluding hydrogens is 506 g/mol. The summed E-state index contributed by atoms with van der Waals surface area (Å²) >= 11 is 3.31. The predicted molar refractivity (Wildman–Crippen MR) is 129 cm³/mol. The van der Waals surface area contributed by atoms with Crippen molar-refractivity contribution >= 4 is 45.6 Å². The third kappa shape index (κ3) is 6.42. The molecule has 0 spiro atoms. The van der Waals surface area contributed by atoms with Gasteiger partial charge in [0.05, 0.1) is 31.7 Å². The number of hydrogen-bond donors (Lipinski definition) is 2. The molecule has 0 aromatic heterocycles. The number of carbonyl (C=O) groups excluding carboxylic acids is 3. The Kier molecular flexibility index (Phi) is 8.36. The lowest BCUT2D eigenvalue weighted by molar-refractivity contribution is -0.136. The van der Waals surface area contributed by atoms with Crippen molar-refractivity contribution in [3.05, 3.63) is 82.3 Å². The first kappa shape index (κ1) is 24.5. The number of anilines is 1. The second-order valence-electron chi connectivity index (χ2n) is 6.66. The van der Waals surface area contributed by atoms with Crippen LogP contribution < -0.4 is 25.0 Å². The number of nitrogens with one attached hydrogen (secondary N) is 2. The fourth-order valence-electron chi connectivity index (χ4n) is 2.77. The van der Waals surface area contributed by atoms with Crippen molar-refractivity contribution in [3.8, 4) is 17.2 Å². The number of methoxy groups -OCH3 is 2. The van der Waals surface area contributed by atoms with E-state index in [4.69, 9.17) is 14.2 Å². The lowest BCUT2D eigenvalue weighted by Gasteiger charge is -2.10. The van der Waals surface area contributed by atoms with Crippen LogP contribution >= 0.6 is 15.9 Å². The first-order valence-corrected chi connectivity index (χ1v) is 10.6. The highest BCUT2D eigenvalue weighted by Crippen LogP contribution is 2.28. The molecule has 174 valence electrons. The van der Waals surface area contributed by atoms with Gasteiger partial charge in [0.15, 0.2) is 11.5 Å². The van der Waals surface area contributed by atoms with E-state index in [9.17, 15) is 14.4 Å². The lowest BCUT2D eigenvalue weighted by Crippen LogP contribution is -2.32. The minimum absolute atomic E-state index is 0.213. The third-order valence-corrected chi connectivity index (χ3v) is 4.89. The number of ether oxygens (including phenoxy) is 3. The van der Waals surface area contributed by atoms with Crippen molar-refractivity contribution in [2.75, 3.05) is 19.5 Å². The van der Waals surface area contributed by atoms with E-state index in [1.165, 1.54) is 26.5 Å². The molecule has 10 heteroatoms. The molecule has 0 aliphatic heterocycles. The number of esters is 1. The van der Waals surface area contributed by atoms with Gasteiger partial charge in [-0.05, 0) is 54.1 Å². The van der Waals surface area contributed by atoms with Gasteiger partial charge in [-0.2, -0.15) is 5.10 Å². The first-order valence-electron chi connectivity index (χ1n) is 9.84. The number of hydrazone groups is 1. The van der Waals surface area contributed by atoms with Crippen molar-refractivity contribution in [2.24, 2.45) is 5.10 Å². The Morgan fingerprint density at radius 3 is 2.35 bits per heavy atom. The number of rotatable bonds is 7. The summed E-state index contributed by atoms with van der Waals surface area (Å²) < 4.78 is 16.6. The zero-order chi connectivity index (χ0) is 24.5. The molecule has 9 nitrogen and oxygen atoms in total. The van der Waals surface area contributed by atoms with E-state index in [2.05, 4.69) is 31.8 Å². The highest BCUT2D eigenvalue weighted by molar-refractivity contribution is 9.10. The van der Waals surface area contributed by atoms with E-state index < -0.39 is 17.8 Å². The molecule has 0 fully saturated rings. The van der Waals surface area contributed by atoms with Crippen LogP contribution in [0, 0.1) is 0 Å². The summed E-state index contributed by atoms with van der Waals surface area (Å²) in [6.45, 7) is 0. The van der Waals surface area contributed by atoms with Crippen LogP contribution in [0.15, 0.2) is 76.3 Å². The Bertz CT molecular complexity index is 1240. The monoisotopic (exact) mass is 525 g/mol. The summed E-state index contributed by atoms with van der Waals surface area (Å²) in [5.41, 5.74) is 3.40. The van der Waals surface area contributed by atoms with E-state index in [1.807, 2.05) is 0 Å². The molecule has 0 heterocycles. The van der Waals surface area contributed by atoms with Crippen LogP contribution in [0.25, 0.3) is 0 Å². The van der Waals surface area contributed by atoms with Crippen LogP contribution in [-0.2, 0) is 9.59 Å². The van der Waals surface area contributed by atoms with Gasteiger partial charge in [-0.3, -0.25) is 9.59 Å². The molecule has 0 radical (unpaired) electrons. The minimum atomic E-state index is -0.964. The number of nitrogens with zero attached hydrogens (tertiary/aromatic N) is 1. The normalized spacial score (nSPS) is 10.4. The summed E-state index contributed by atoms with van der Waals surface area (Å²) in [7, 11) is 2.88. The predicted octanol–water partition coefficient (Wildman–Crippen LogP) is 3.77. The van der Waals surface area contributed by atoms with Crippen LogP contribution in [0.5, 0.6) is 17.2 Å². The van der Waals surface area contributed by atoms with Gasteiger partial charge in [0.1, 0.15) is 5.75 Å². The number of hydrogen-bond acceptors (Lipinski definition) is 7. The van der Waals surface area contributed by atoms with Crippen LogP contribution in [0.2, 0.25) is 0 Å². The Labute approximate surface area is 203 Å². The summed E-state index contributed by atoms with van der Waals surface area (Å²) in [6.07, 6.45) is 1.32. The second-order valence-corrected chi connectivity index (χ2v) is 7.58. The molecule has 0 bridgehead atoms. The number of carbonyl (C=O) groups is 3. The molecule has 3 rings (SSSR count). The second kappa shape index (κ2) is 11.6. The van der Waals surface area contributed by atoms with Gasteiger partial charge in [-0.1, -0.05) is 34.1 Å². The van der Waals surface area contributed by atoms with Crippen LogP contribution in [0.1, 0.15) is 15.9 Å². The SMILES string of the molecule is COc1ccccc1NC(=O)C(=O)N/N=C/c1ccc(OC(=O)c2cccc(Br)c2)c(OC)c1. The largest absolute Gasteiger partial charge is 0.495 e. The Hall–Kier alpha value is -4.18. The van der Waals surface area contributed by atoms with E-state index >= 15 is 0 Å². The van der Waals surface area contributed by atoms with Gasteiger partial charge < -0.3 is 19.5 Å². The molecule has 3 aromatic carbocycles. The van der Waals surface area contributed by atoms with Crippen LogP contribution in [0.4, 0.5) is 5.69 Å². The van der Waals surface area contributed by atoms with Crippen molar-refractivity contribution in [3.63, 3.8) is 0 Å². The maximum absolute atomic E-state index is 12.4. The molecule has 0 atom stereocenters. The smallest absolute Gasteiger partial charge is 0.343 e. The molecule has 2 amide bonds. The van der Waals surface area contributed by atoms with Gasteiger partial charge in [-0.15, -0.1) is 0 Å². The number of benzene rings is 3.